The number of hydrogen-bond acceptors (Lipinski definition) is 5. The van der Waals surface area contributed by atoms with Crippen molar-refractivity contribution in [1.29, 1.82) is 5.26 Å². The second kappa shape index (κ2) is 7.46. The highest BCUT2D eigenvalue weighted by Crippen LogP contribution is 2.27. The Kier molecular flexibility index (Phi) is 5.62. The zero-order valence-electron chi connectivity index (χ0n) is 10.4. The van der Waals surface area contributed by atoms with Gasteiger partial charge in [0.2, 0.25) is 0 Å². The minimum Gasteiger partial charge on any atom is -0.375 e. The van der Waals surface area contributed by atoms with Gasteiger partial charge in [-0.25, -0.2) is 0 Å². The van der Waals surface area contributed by atoms with Crippen molar-refractivity contribution < 1.29 is 4.74 Å². The lowest BCUT2D eigenvalue weighted by atomic mass is 10.2. The first kappa shape index (κ1) is 15.1. The van der Waals surface area contributed by atoms with E-state index in [0.29, 0.717) is 35.3 Å². The fourth-order valence-electron chi connectivity index (χ4n) is 1.50. The summed E-state index contributed by atoms with van der Waals surface area (Å²) >= 11 is 12.7. The lowest BCUT2D eigenvalue weighted by molar-refractivity contribution is 0.130. The Hall–Kier alpha value is -1.32. The summed E-state index contributed by atoms with van der Waals surface area (Å²) in [5.74, 6) is 0. The third kappa shape index (κ3) is 4.09. The summed E-state index contributed by atoms with van der Waals surface area (Å²) in [6.07, 6.45) is 0. The predicted molar refractivity (Wildman–Crippen MR) is 81.4 cm³/mol. The molecule has 0 spiro atoms. The van der Waals surface area contributed by atoms with Gasteiger partial charge in [-0.1, -0.05) is 35.3 Å². The lowest BCUT2D eigenvalue weighted by Crippen LogP contribution is -2.09. The Morgan fingerprint density at radius 1 is 1.30 bits per heavy atom. The summed E-state index contributed by atoms with van der Waals surface area (Å²) in [7, 11) is 0. The molecular weight excluding hydrogens is 317 g/mol. The molecule has 0 bridgehead atoms. The van der Waals surface area contributed by atoms with E-state index in [1.165, 1.54) is 11.5 Å². The lowest BCUT2D eigenvalue weighted by Gasteiger charge is -2.06. The van der Waals surface area contributed by atoms with Gasteiger partial charge in [-0.05, 0) is 29.2 Å². The molecule has 0 aliphatic heterocycles. The molecule has 7 heteroatoms. The van der Waals surface area contributed by atoms with Crippen LogP contribution in [0.3, 0.4) is 0 Å². The zero-order chi connectivity index (χ0) is 14.4. The van der Waals surface area contributed by atoms with Crippen molar-refractivity contribution in [2.24, 2.45) is 0 Å². The van der Waals surface area contributed by atoms with Gasteiger partial charge >= 0.3 is 0 Å². The van der Waals surface area contributed by atoms with Crippen LogP contribution in [0.15, 0.2) is 24.3 Å². The van der Waals surface area contributed by atoms with Crippen LogP contribution in [0.5, 0.6) is 0 Å². The van der Waals surface area contributed by atoms with Gasteiger partial charge in [0.05, 0.1) is 13.2 Å². The molecule has 1 aromatic carbocycles. The molecule has 1 aromatic heterocycles. The normalized spacial score (nSPS) is 10.2. The third-order valence-electron chi connectivity index (χ3n) is 2.48. The predicted octanol–water partition coefficient (Wildman–Crippen LogP) is 3.95. The van der Waals surface area contributed by atoms with E-state index >= 15 is 0 Å². The van der Waals surface area contributed by atoms with Gasteiger partial charge < -0.3 is 10.1 Å². The highest BCUT2D eigenvalue weighted by Gasteiger charge is 2.10. The molecule has 0 saturated heterocycles. The molecule has 20 heavy (non-hydrogen) atoms. The molecule has 2 aromatic rings. The van der Waals surface area contributed by atoms with Crippen LogP contribution >= 0.6 is 34.7 Å². The van der Waals surface area contributed by atoms with E-state index in [0.717, 1.165) is 5.56 Å². The van der Waals surface area contributed by atoms with E-state index in [9.17, 15) is 0 Å². The van der Waals surface area contributed by atoms with Gasteiger partial charge in [-0.15, -0.1) is 0 Å². The largest absolute Gasteiger partial charge is 0.375 e. The van der Waals surface area contributed by atoms with Crippen molar-refractivity contribution >= 4 is 39.7 Å². The first-order chi connectivity index (χ1) is 9.70. The van der Waals surface area contributed by atoms with Crippen LogP contribution in [0, 0.1) is 11.3 Å². The van der Waals surface area contributed by atoms with Crippen LogP contribution in [0.25, 0.3) is 0 Å². The Morgan fingerprint density at radius 3 is 2.75 bits per heavy atom. The first-order valence-corrected chi connectivity index (χ1v) is 7.35. The summed E-state index contributed by atoms with van der Waals surface area (Å²) in [4.78, 5) is 0. The Morgan fingerprint density at radius 2 is 2.05 bits per heavy atom. The maximum atomic E-state index is 8.91. The number of halogens is 2. The van der Waals surface area contributed by atoms with Gasteiger partial charge in [-0.3, -0.25) is 0 Å². The molecule has 0 radical (unpaired) electrons. The molecule has 0 fully saturated rings. The van der Waals surface area contributed by atoms with Crippen LogP contribution in [0.2, 0.25) is 10.2 Å². The first-order valence-electron chi connectivity index (χ1n) is 5.82. The minimum atomic E-state index is 0.238. The highest BCUT2D eigenvalue weighted by molar-refractivity contribution is 7.10. The molecule has 0 aliphatic carbocycles. The fourth-order valence-corrected chi connectivity index (χ4v) is 2.58. The molecule has 1 heterocycles. The average Bonchev–Trinajstić information content (AvgIpc) is 2.81. The second-order valence-corrected chi connectivity index (χ2v) is 5.46. The Labute approximate surface area is 131 Å². The van der Waals surface area contributed by atoms with Gasteiger partial charge in [0, 0.05) is 11.6 Å². The molecule has 2 rings (SSSR count). The van der Waals surface area contributed by atoms with Gasteiger partial charge in [0.1, 0.15) is 16.6 Å². The summed E-state index contributed by atoms with van der Waals surface area (Å²) in [6, 6.07) is 9.52. The number of rotatable bonds is 6. The summed E-state index contributed by atoms with van der Waals surface area (Å²) in [5.41, 5.74) is 1.45. The van der Waals surface area contributed by atoms with Crippen molar-refractivity contribution in [2.45, 2.75) is 6.61 Å². The van der Waals surface area contributed by atoms with Crippen LogP contribution in [-0.4, -0.2) is 17.5 Å². The van der Waals surface area contributed by atoms with E-state index in [4.69, 9.17) is 33.2 Å². The van der Waals surface area contributed by atoms with E-state index in [-0.39, 0.29) is 5.15 Å². The van der Waals surface area contributed by atoms with Crippen LogP contribution in [0.1, 0.15) is 11.1 Å². The third-order valence-corrected chi connectivity index (χ3v) is 3.91. The maximum Gasteiger partial charge on any atom is 0.162 e. The highest BCUT2D eigenvalue weighted by atomic mass is 35.5. The van der Waals surface area contributed by atoms with Crippen molar-refractivity contribution in [3.63, 3.8) is 0 Å². The molecule has 0 amide bonds. The average molecular weight is 328 g/mol. The quantitative estimate of drug-likeness (QED) is 0.816. The number of aromatic nitrogens is 1. The monoisotopic (exact) mass is 327 g/mol. The molecular formula is C13H11Cl2N3OS. The molecule has 4 nitrogen and oxygen atoms in total. The van der Waals surface area contributed by atoms with E-state index < -0.39 is 0 Å². The van der Waals surface area contributed by atoms with Crippen LogP contribution in [-0.2, 0) is 11.3 Å². The minimum absolute atomic E-state index is 0.238. The summed E-state index contributed by atoms with van der Waals surface area (Å²) < 4.78 is 9.44. The zero-order valence-corrected chi connectivity index (χ0v) is 12.7. The van der Waals surface area contributed by atoms with Crippen LogP contribution < -0.4 is 5.32 Å². The number of benzene rings is 1. The maximum absolute atomic E-state index is 8.91. The fraction of sp³-hybridized carbons (Fsp3) is 0.231. The summed E-state index contributed by atoms with van der Waals surface area (Å²) in [6.45, 7) is 1.62. The smallest absolute Gasteiger partial charge is 0.162 e. The Balaban J connectivity index is 1.72. The molecule has 0 aliphatic rings. The number of anilines is 1. The molecule has 0 unspecified atom stereocenters. The number of nitrogens with one attached hydrogen (secondary N) is 1. The van der Waals surface area contributed by atoms with Gasteiger partial charge in [0.15, 0.2) is 5.15 Å². The second-order valence-electron chi connectivity index (χ2n) is 3.90. The SMILES string of the molecule is N#Cc1c(Cl)nsc1NCCOCc1ccc(Cl)cc1. The molecule has 104 valence electrons. The number of nitrogens with zero attached hydrogens (tertiary/aromatic N) is 2. The molecule has 0 saturated carbocycles. The van der Waals surface area contributed by atoms with Crippen LogP contribution in [0.4, 0.5) is 5.00 Å². The van der Waals surface area contributed by atoms with Crippen molar-refractivity contribution in [3.8, 4) is 6.07 Å². The van der Waals surface area contributed by atoms with Gasteiger partial charge in [-0.2, -0.15) is 9.64 Å². The van der Waals surface area contributed by atoms with Crippen molar-refractivity contribution in [3.05, 3.63) is 45.6 Å². The van der Waals surface area contributed by atoms with E-state index in [1.54, 1.807) is 0 Å². The van der Waals surface area contributed by atoms with E-state index in [1.807, 2.05) is 30.3 Å². The number of hydrogen-bond donors (Lipinski definition) is 1. The van der Waals surface area contributed by atoms with Gasteiger partial charge in [0.25, 0.3) is 0 Å². The molecule has 0 atom stereocenters. The van der Waals surface area contributed by atoms with E-state index in [2.05, 4.69) is 9.69 Å². The summed E-state index contributed by atoms with van der Waals surface area (Å²) in [5, 5.41) is 13.6. The van der Waals surface area contributed by atoms with Crippen molar-refractivity contribution in [1.82, 2.24) is 4.37 Å². The molecule has 1 N–H and O–H groups in total. The number of nitriles is 1. The van der Waals surface area contributed by atoms with Crippen molar-refractivity contribution in [2.75, 3.05) is 18.5 Å². The standard InChI is InChI=1S/C13H11Cl2N3OS/c14-10-3-1-9(2-4-10)8-19-6-5-17-13-11(7-16)12(15)18-20-13/h1-4,17H,5-6,8H2. The number of ether oxygens (including phenoxy) is 1. The Bertz CT molecular complexity index is 607. The topological polar surface area (TPSA) is 57.9 Å².